The van der Waals surface area contributed by atoms with Gasteiger partial charge in [0.2, 0.25) is 0 Å². The average Bonchev–Trinajstić information content (AvgIpc) is 3.22. The predicted octanol–water partition coefficient (Wildman–Crippen LogP) is 9.05. The molecular formula is C36H60N2O. The molecule has 9 unspecified atom stereocenters. The molecule has 3 heteroatoms. The van der Waals surface area contributed by atoms with Crippen LogP contribution in [0.25, 0.3) is 0 Å². The Morgan fingerprint density at radius 3 is 2.38 bits per heavy atom. The molecule has 0 heterocycles. The van der Waals surface area contributed by atoms with Crippen LogP contribution in [-0.4, -0.2) is 11.2 Å². The molecule has 3 nitrogen and oxygen atoms in total. The van der Waals surface area contributed by atoms with Crippen LogP contribution in [0.15, 0.2) is 29.8 Å². The summed E-state index contributed by atoms with van der Waals surface area (Å²) in [6.45, 7) is 19.8. The van der Waals surface area contributed by atoms with Gasteiger partial charge in [-0.05, 0) is 103 Å². The Morgan fingerprint density at radius 1 is 1.03 bits per heavy atom. The summed E-state index contributed by atoms with van der Waals surface area (Å²) >= 11 is 0. The van der Waals surface area contributed by atoms with Crippen molar-refractivity contribution in [1.82, 2.24) is 0 Å². The number of nitrogen functional groups attached to an aromatic ring is 2. The number of rotatable bonds is 9. The van der Waals surface area contributed by atoms with Crippen LogP contribution >= 0.6 is 0 Å². The van der Waals surface area contributed by atoms with Gasteiger partial charge in [0.1, 0.15) is 0 Å². The van der Waals surface area contributed by atoms with Gasteiger partial charge in [-0.25, -0.2) is 0 Å². The highest BCUT2D eigenvalue weighted by Gasteiger charge is 2.58. The molecular weight excluding hydrogens is 476 g/mol. The van der Waals surface area contributed by atoms with Gasteiger partial charge in [0.25, 0.3) is 0 Å². The van der Waals surface area contributed by atoms with Crippen LogP contribution in [0.3, 0.4) is 0 Å². The molecule has 39 heavy (non-hydrogen) atoms. The number of aliphatic hydroxyl groups is 1. The second-order valence-electron chi connectivity index (χ2n) is 15.3. The zero-order valence-corrected chi connectivity index (χ0v) is 26.5. The lowest BCUT2D eigenvalue weighted by Crippen LogP contribution is -2.53. The number of hydrogen-bond acceptors (Lipinski definition) is 3. The minimum atomic E-state index is -0.346. The summed E-state index contributed by atoms with van der Waals surface area (Å²) in [5.41, 5.74) is 16.7. The molecule has 2 fully saturated rings. The third-order valence-corrected chi connectivity index (χ3v) is 12.8. The van der Waals surface area contributed by atoms with Crippen molar-refractivity contribution in [3.05, 3.63) is 35.4 Å². The predicted molar refractivity (Wildman–Crippen MR) is 168 cm³/mol. The molecule has 1 aromatic rings. The summed E-state index contributed by atoms with van der Waals surface area (Å²) in [5, 5.41) is 11.5. The second-order valence-corrected chi connectivity index (χ2v) is 15.3. The van der Waals surface area contributed by atoms with E-state index in [0.29, 0.717) is 17.0 Å². The lowest BCUT2D eigenvalue weighted by molar-refractivity contribution is -0.0452. The second kappa shape index (κ2) is 11.4. The standard InChI is InChI=1S/C36H60N2O/c1-9-34(6)29(24(4)12-10-11-23(2)3)16-17-30(34)28-15-18-32-35(7,25(28)5)20-19-33(39)36(32,8)22-26-13-14-27(37)21-31(26)38/h13-14,18,21,23-25,28-30,33,39H,9-12,15-17,19-20,22,37-38H2,1-8H3. The first-order chi connectivity index (χ1) is 18.3. The van der Waals surface area contributed by atoms with Crippen molar-refractivity contribution in [1.29, 1.82) is 0 Å². The zero-order chi connectivity index (χ0) is 28.8. The molecule has 1 aromatic carbocycles. The van der Waals surface area contributed by atoms with Gasteiger partial charge < -0.3 is 16.6 Å². The van der Waals surface area contributed by atoms with Crippen LogP contribution in [0.1, 0.15) is 119 Å². The lowest BCUT2D eigenvalue weighted by atomic mass is 9.47. The van der Waals surface area contributed by atoms with Gasteiger partial charge in [-0.1, -0.05) is 98.8 Å². The normalized spacial score (nSPS) is 39.4. The van der Waals surface area contributed by atoms with Crippen molar-refractivity contribution < 1.29 is 5.11 Å². The summed E-state index contributed by atoms with van der Waals surface area (Å²) < 4.78 is 0. The molecule has 0 saturated heterocycles. The summed E-state index contributed by atoms with van der Waals surface area (Å²) in [6.07, 6.45) is 14.3. The molecule has 0 amide bonds. The highest BCUT2D eigenvalue weighted by molar-refractivity contribution is 5.57. The first-order valence-electron chi connectivity index (χ1n) is 16.3. The molecule has 5 N–H and O–H groups in total. The van der Waals surface area contributed by atoms with Crippen molar-refractivity contribution in [2.45, 2.75) is 126 Å². The smallest absolute Gasteiger partial charge is 0.0634 e. The highest BCUT2D eigenvalue weighted by Crippen LogP contribution is 2.65. The van der Waals surface area contributed by atoms with E-state index in [1.807, 2.05) is 12.1 Å². The van der Waals surface area contributed by atoms with E-state index in [9.17, 15) is 5.11 Å². The average molecular weight is 537 g/mol. The van der Waals surface area contributed by atoms with Crippen molar-refractivity contribution >= 4 is 11.4 Å². The fraction of sp³-hybridized carbons (Fsp3) is 0.778. The number of aliphatic hydroxyl groups excluding tert-OH is 1. The van der Waals surface area contributed by atoms with E-state index in [4.69, 9.17) is 11.5 Å². The Bertz CT molecular complexity index is 1030. The maximum Gasteiger partial charge on any atom is 0.0634 e. The van der Waals surface area contributed by atoms with Crippen LogP contribution < -0.4 is 11.5 Å². The molecule has 0 bridgehead atoms. The molecule has 3 aliphatic carbocycles. The monoisotopic (exact) mass is 536 g/mol. The van der Waals surface area contributed by atoms with Crippen molar-refractivity contribution in [3.63, 3.8) is 0 Å². The van der Waals surface area contributed by atoms with Gasteiger partial charge in [0, 0.05) is 16.8 Å². The zero-order valence-electron chi connectivity index (χ0n) is 26.5. The van der Waals surface area contributed by atoms with Gasteiger partial charge in [0.05, 0.1) is 6.10 Å². The van der Waals surface area contributed by atoms with Gasteiger partial charge in [0.15, 0.2) is 0 Å². The Labute approximate surface area is 240 Å². The Hall–Kier alpha value is -1.48. The number of allylic oxidation sites excluding steroid dienone is 1. The van der Waals surface area contributed by atoms with Gasteiger partial charge in [-0.2, -0.15) is 0 Å². The number of anilines is 2. The van der Waals surface area contributed by atoms with Crippen LogP contribution in [0.4, 0.5) is 11.4 Å². The van der Waals surface area contributed by atoms with E-state index in [1.165, 1.54) is 44.1 Å². The molecule has 0 aromatic heterocycles. The van der Waals surface area contributed by atoms with Crippen molar-refractivity contribution in [3.8, 4) is 0 Å². The van der Waals surface area contributed by atoms with Crippen LogP contribution in [0, 0.1) is 51.8 Å². The summed E-state index contributed by atoms with van der Waals surface area (Å²) in [6, 6.07) is 5.88. The van der Waals surface area contributed by atoms with Crippen LogP contribution in [-0.2, 0) is 6.42 Å². The summed E-state index contributed by atoms with van der Waals surface area (Å²) in [4.78, 5) is 0. The van der Waals surface area contributed by atoms with E-state index in [2.05, 4.69) is 67.5 Å². The molecule has 4 rings (SSSR count). The topological polar surface area (TPSA) is 72.3 Å². The third-order valence-electron chi connectivity index (χ3n) is 12.8. The van der Waals surface area contributed by atoms with E-state index < -0.39 is 0 Å². The van der Waals surface area contributed by atoms with Gasteiger partial charge in [-0.3, -0.25) is 0 Å². The quantitative estimate of drug-likeness (QED) is 0.218. The van der Waals surface area contributed by atoms with Crippen molar-refractivity contribution in [2.75, 3.05) is 11.5 Å². The summed E-state index contributed by atoms with van der Waals surface area (Å²) in [5.74, 6) is 4.59. The maximum atomic E-state index is 11.5. The number of nitrogens with two attached hydrogens (primary N) is 2. The number of fused-ring (bicyclic) bond motifs is 1. The van der Waals surface area contributed by atoms with E-state index in [1.54, 1.807) is 0 Å². The highest BCUT2D eigenvalue weighted by atomic mass is 16.3. The molecule has 0 aliphatic heterocycles. The Balaban J connectivity index is 1.60. The minimum Gasteiger partial charge on any atom is -0.399 e. The number of benzene rings is 1. The maximum absolute atomic E-state index is 11.5. The molecule has 0 spiro atoms. The first kappa shape index (κ1) is 30.5. The molecule has 2 saturated carbocycles. The largest absolute Gasteiger partial charge is 0.399 e. The fourth-order valence-corrected chi connectivity index (χ4v) is 9.99. The van der Waals surface area contributed by atoms with Gasteiger partial charge in [-0.15, -0.1) is 0 Å². The fourth-order valence-electron chi connectivity index (χ4n) is 9.99. The van der Waals surface area contributed by atoms with Crippen LogP contribution in [0.2, 0.25) is 0 Å². The van der Waals surface area contributed by atoms with Gasteiger partial charge >= 0.3 is 0 Å². The van der Waals surface area contributed by atoms with E-state index >= 15 is 0 Å². The first-order valence-corrected chi connectivity index (χ1v) is 16.3. The number of hydrogen-bond donors (Lipinski definition) is 3. The Morgan fingerprint density at radius 2 is 1.74 bits per heavy atom. The van der Waals surface area contributed by atoms with E-state index in [0.717, 1.165) is 66.5 Å². The van der Waals surface area contributed by atoms with Crippen LogP contribution in [0.5, 0.6) is 0 Å². The van der Waals surface area contributed by atoms with E-state index in [-0.39, 0.29) is 16.9 Å². The minimum absolute atomic E-state index is 0.120. The molecule has 0 radical (unpaired) electrons. The lowest BCUT2D eigenvalue weighted by Gasteiger charge is -2.58. The SMILES string of the molecule is CCC1(C)C(C(C)CCCC(C)C)CCC1C1CC=C2C(C)(Cc3ccc(N)cc3N)C(O)CCC2(C)C1C. The molecule has 3 aliphatic rings. The van der Waals surface area contributed by atoms with Crippen molar-refractivity contribution in [2.24, 2.45) is 51.8 Å². The molecule has 9 atom stereocenters. The Kier molecular flexibility index (Phi) is 8.92. The summed E-state index contributed by atoms with van der Waals surface area (Å²) in [7, 11) is 0. The third kappa shape index (κ3) is 5.43. The molecule has 220 valence electrons.